The number of hydrogen-bond acceptors (Lipinski definition) is 3. The number of ether oxygens (including phenoxy) is 1. The van der Waals surface area contributed by atoms with E-state index in [1.165, 1.54) is 0 Å². The molecule has 0 atom stereocenters. The van der Waals surface area contributed by atoms with Gasteiger partial charge in [-0.25, -0.2) is 4.68 Å². The van der Waals surface area contributed by atoms with Crippen LogP contribution in [-0.2, 0) is 18.3 Å². The summed E-state index contributed by atoms with van der Waals surface area (Å²) in [5.74, 6) is 0. The normalized spacial score (nSPS) is 13.1. The topological polar surface area (TPSA) is 32.0 Å². The van der Waals surface area contributed by atoms with Gasteiger partial charge in [-0.2, -0.15) is 5.10 Å². The molecule has 0 N–H and O–H groups in total. The van der Waals surface area contributed by atoms with Crippen LogP contribution in [0.1, 0.15) is 34.6 Å². The molecule has 0 aliphatic carbocycles. The van der Waals surface area contributed by atoms with E-state index >= 15 is 0 Å². The predicted octanol–water partition coefficient (Wildman–Crippen LogP) is 2.79. The van der Waals surface area contributed by atoms with Crippen LogP contribution < -0.4 is 0 Å². The Bertz CT molecular complexity index is 426. The lowest BCUT2D eigenvalue weighted by Gasteiger charge is -2.29. The zero-order valence-corrected chi connectivity index (χ0v) is 12.5. The Balaban J connectivity index is 2.67. The summed E-state index contributed by atoms with van der Waals surface area (Å²) in [4.78, 5) is 0. The second-order valence-electron chi connectivity index (χ2n) is 6.29. The van der Waals surface area contributed by atoms with Gasteiger partial charge in [-0.3, -0.25) is 0 Å². The lowest BCUT2D eigenvalue weighted by Crippen LogP contribution is -2.34. The second-order valence-corrected chi connectivity index (χ2v) is 6.66. The molecule has 1 aromatic rings. The van der Waals surface area contributed by atoms with Crippen molar-refractivity contribution in [2.24, 2.45) is 12.5 Å². The van der Waals surface area contributed by atoms with E-state index in [4.69, 9.17) is 17.0 Å². The first kappa shape index (κ1) is 14.4. The molecule has 17 heavy (non-hydrogen) atoms. The van der Waals surface area contributed by atoms with Crippen molar-refractivity contribution in [3.63, 3.8) is 0 Å². The first-order valence-corrected chi connectivity index (χ1v) is 6.24. The molecule has 0 spiro atoms. The van der Waals surface area contributed by atoms with Gasteiger partial charge in [0.05, 0.1) is 18.8 Å². The summed E-state index contributed by atoms with van der Waals surface area (Å²) >= 11 is 5.26. The van der Waals surface area contributed by atoms with E-state index in [1.807, 2.05) is 11.6 Å². The lowest BCUT2D eigenvalue weighted by atomic mass is 9.98. The summed E-state index contributed by atoms with van der Waals surface area (Å²) in [5, 5.41) is 4.24. The Morgan fingerprint density at radius 2 is 1.88 bits per heavy atom. The van der Waals surface area contributed by atoms with Crippen LogP contribution in [0, 0.1) is 10.2 Å². The third kappa shape index (κ3) is 4.60. The van der Waals surface area contributed by atoms with E-state index in [2.05, 4.69) is 39.7 Å². The van der Waals surface area contributed by atoms with E-state index in [9.17, 15) is 0 Å². The summed E-state index contributed by atoms with van der Waals surface area (Å²) in [6.45, 7) is 12.0. The molecule has 0 radical (unpaired) electrons. The Morgan fingerprint density at radius 1 is 1.29 bits per heavy atom. The molecule has 0 aliphatic rings. The number of hydrogen-bond donors (Lipinski definition) is 0. The smallest absolute Gasteiger partial charge is 0.197 e. The third-order valence-corrected chi connectivity index (χ3v) is 2.81. The third-order valence-electron chi connectivity index (χ3n) is 2.31. The summed E-state index contributed by atoms with van der Waals surface area (Å²) in [6.07, 6.45) is 1.72. The summed E-state index contributed by atoms with van der Waals surface area (Å²) in [6, 6.07) is 0. The average molecular weight is 257 g/mol. The van der Waals surface area contributed by atoms with E-state index in [0.717, 1.165) is 11.4 Å². The first-order chi connectivity index (χ1) is 7.61. The minimum absolute atomic E-state index is 0.169. The first-order valence-electron chi connectivity index (χ1n) is 5.83. The molecule has 0 saturated heterocycles. The van der Waals surface area contributed by atoms with E-state index in [0.29, 0.717) is 6.54 Å². The molecule has 5 heteroatoms. The molecule has 0 bridgehead atoms. The molecule has 0 unspecified atom stereocenters. The lowest BCUT2D eigenvalue weighted by molar-refractivity contribution is -0.0620. The number of rotatable bonds is 4. The highest BCUT2D eigenvalue weighted by molar-refractivity contribution is 7.71. The summed E-state index contributed by atoms with van der Waals surface area (Å²) in [5.41, 5.74) is -0.0945. The second kappa shape index (κ2) is 4.90. The molecule has 0 fully saturated rings. The number of nitrogens with zero attached hydrogens (tertiary/aromatic N) is 3. The van der Waals surface area contributed by atoms with Crippen LogP contribution in [0.4, 0.5) is 0 Å². The molecule has 0 aromatic carbocycles. The minimum atomic E-state index is -0.264. The highest BCUT2D eigenvalue weighted by Crippen LogP contribution is 2.20. The largest absolute Gasteiger partial charge is 0.373 e. The van der Waals surface area contributed by atoms with Gasteiger partial charge >= 0.3 is 0 Å². The van der Waals surface area contributed by atoms with Gasteiger partial charge in [-0.1, -0.05) is 20.8 Å². The average Bonchev–Trinajstić information content (AvgIpc) is 2.46. The van der Waals surface area contributed by atoms with E-state index in [1.54, 1.807) is 11.0 Å². The molecule has 0 saturated carbocycles. The van der Waals surface area contributed by atoms with Crippen molar-refractivity contribution in [2.75, 3.05) is 6.61 Å². The fourth-order valence-corrected chi connectivity index (χ4v) is 1.51. The molecule has 0 amide bonds. The summed E-state index contributed by atoms with van der Waals surface area (Å²) in [7, 11) is 1.90. The number of aromatic nitrogens is 3. The Labute approximate surface area is 109 Å². The van der Waals surface area contributed by atoms with Crippen LogP contribution in [0.2, 0.25) is 0 Å². The van der Waals surface area contributed by atoms with Gasteiger partial charge in [0, 0.05) is 7.05 Å². The molecule has 1 heterocycles. The van der Waals surface area contributed by atoms with Gasteiger partial charge in [0.25, 0.3) is 0 Å². The van der Waals surface area contributed by atoms with Crippen molar-refractivity contribution in [1.29, 1.82) is 0 Å². The molecular formula is C12H23N3OS. The molecular weight excluding hydrogens is 234 g/mol. The number of aryl methyl sites for hydroxylation is 1. The van der Waals surface area contributed by atoms with Crippen molar-refractivity contribution in [3.8, 4) is 0 Å². The van der Waals surface area contributed by atoms with Crippen LogP contribution in [-0.4, -0.2) is 26.6 Å². The molecule has 1 rings (SSSR count). The van der Waals surface area contributed by atoms with Crippen LogP contribution in [0.5, 0.6) is 0 Å². The molecule has 98 valence electrons. The zero-order valence-electron chi connectivity index (χ0n) is 11.6. The zero-order chi connectivity index (χ0) is 13.3. The fraction of sp³-hybridized carbons (Fsp3) is 0.833. The van der Waals surface area contributed by atoms with Gasteiger partial charge in [-0.15, -0.1) is 0 Å². The highest BCUT2D eigenvalue weighted by Gasteiger charge is 2.23. The van der Waals surface area contributed by atoms with Crippen molar-refractivity contribution in [1.82, 2.24) is 14.3 Å². The Hall–Kier alpha value is -0.680. The maximum atomic E-state index is 5.95. The van der Waals surface area contributed by atoms with Crippen LogP contribution in [0.3, 0.4) is 0 Å². The summed E-state index contributed by atoms with van der Waals surface area (Å²) < 4.78 is 10.3. The highest BCUT2D eigenvalue weighted by atomic mass is 32.1. The molecule has 1 aromatic heterocycles. The van der Waals surface area contributed by atoms with E-state index in [-0.39, 0.29) is 11.0 Å². The van der Waals surface area contributed by atoms with Crippen LogP contribution >= 0.6 is 12.2 Å². The Morgan fingerprint density at radius 3 is 2.29 bits per heavy atom. The Kier molecular flexibility index (Phi) is 4.15. The predicted molar refractivity (Wildman–Crippen MR) is 71.5 cm³/mol. The van der Waals surface area contributed by atoms with Crippen molar-refractivity contribution < 1.29 is 4.74 Å². The maximum absolute atomic E-state index is 5.95. The van der Waals surface area contributed by atoms with Crippen molar-refractivity contribution in [2.45, 2.75) is 46.8 Å². The van der Waals surface area contributed by atoms with Crippen LogP contribution in [0.15, 0.2) is 6.33 Å². The van der Waals surface area contributed by atoms with E-state index < -0.39 is 0 Å². The van der Waals surface area contributed by atoms with Crippen molar-refractivity contribution >= 4 is 12.2 Å². The van der Waals surface area contributed by atoms with Gasteiger partial charge in [0.15, 0.2) is 4.77 Å². The standard InChI is InChI=1S/C12H23N3OS/c1-11(2,3)8-16-12(4,5)7-15-10(17)14(6)9-13-15/h9H,7-8H2,1-6H3. The SMILES string of the molecule is Cn1cnn(CC(C)(C)OCC(C)(C)C)c1=S. The molecule has 4 nitrogen and oxygen atoms in total. The monoisotopic (exact) mass is 257 g/mol. The minimum Gasteiger partial charge on any atom is -0.373 e. The fourth-order valence-electron chi connectivity index (χ4n) is 1.35. The van der Waals surface area contributed by atoms with Crippen molar-refractivity contribution in [3.05, 3.63) is 11.1 Å². The van der Waals surface area contributed by atoms with Crippen LogP contribution in [0.25, 0.3) is 0 Å². The molecule has 0 aliphatic heterocycles. The van der Waals surface area contributed by atoms with Gasteiger partial charge in [0.1, 0.15) is 6.33 Å². The maximum Gasteiger partial charge on any atom is 0.197 e. The van der Waals surface area contributed by atoms with Gasteiger partial charge in [0.2, 0.25) is 0 Å². The quantitative estimate of drug-likeness (QED) is 0.777. The van der Waals surface area contributed by atoms with Gasteiger partial charge in [-0.05, 0) is 31.5 Å². The van der Waals surface area contributed by atoms with Gasteiger partial charge < -0.3 is 9.30 Å².